The summed E-state index contributed by atoms with van der Waals surface area (Å²) in [4.78, 5) is 13.7. The van der Waals surface area contributed by atoms with Gasteiger partial charge in [0.1, 0.15) is 0 Å². The lowest BCUT2D eigenvalue weighted by atomic mass is 10.1. The zero-order valence-electron chi connectivity index (χ0n) is 8.75. The molecule has 0 radical (unpaired) electrons. The Labute approximate surface area is 85.1 Å². The predicted molar refractivity (Wildman–Crippen MR) is 58.0 cm³/mol. The van der Waals surface area contributed by atoms with Gasteiger partial charge >= 0.3 is 0 Å². The third-order valence-corrected chi connectivity index (χ3v) is 3.77. The number of rotatable bonds is 2. The molecule has 1 heterocycles. The molecule has 13 heavy (non-hydrogen) atoms. The minimum atomic E-state index is 0.153. The fourth-order valence-electron chi connectivity index (χ4n) is 1.53. The van der Waals surface area contributed by atoms with E-state index in [-0.39, 0.29) is 5.92 Å². The van der Waals surface area contributed by atoms with Crippen molar-refractivity contribution in [1.29, 1.82) is 0 Å². The first-order valence-electron chi connectivity index (χ1n) is 5.05. The van der Waals surface area contributed by atoms with E-state index < -0.39 is 0 Å². The lowest BCUT2D eigenvalue weighted by molar-refractivity contribution is -0.134. The van der Waals surface area contributed by atoms with Gasteiger partial charge in [0, 0.05) is 30.0 Å². The van der Waals surface area contributed by atoms with Crippen LogP contribution in [0.2, 0.25) is 0 Å². The molecular weight excluding hydrogens is 182 g/mol. The zero-order valence-corrected chi connectivity index (χ0v) is 9.56. The van der Waals surface area contributed by atoms with Crippen LogP contribution in [0.15, 0.2) is 0 Å². The Balaban J connectivity index is 2.46. The fraction of sp³-hybridized carbons (Fsp3) is 0.900. The Kier molecular flexibility index (Phi) is 4.10. The molecule has 0 N–H and O–H groups in total. The minimum absolute atomic E-state index is 0.153. The van der Waals surface area contributed by atoms with Gasteiger partial charge in [-0.1, -0.05) is 20.8 Å². The second kappa shape index (κ2) is 4.89. The normalized spacial score (nSPS) is 23.7. The van der Waals surface area contributed by atoms with Crippen molar-refractivity contribution in [3.8, 4) is 0 Å². The smallest absolute Gasteiger partial charge is 0.225 e. The van der Waals surface area contributed by atoms with Crippen LogP contribution in [-0.4, -0.2) is 34.9 Å². The largest absolute Gasteiger partial charge is 0.341 e. The van der Waals surface area contributed by atoms with Gasteiger partial charge in [-0.05, 0) is 6.42 Å². The molecule has 1 saturated heterocycles. The third kappa shape index (κ3) is 2.90. The van der Waals surface area contributed by atoms with E-state index in [1.807, 2.05) is 30.5 Å². The number of carbonyl (C=O) groups is 1. The van der Waals surface area contributed by atoms with E-state index >= 15 is 0 Å². The number of hydrogen-bond donors (Lipinski definition) is 0. The average Bonchev–Trinajstić information content (AvgIpc) is 2.16. The molecule has 3 heteroatoms. The first-order valence-corrected chi connectivity index (χ1v) is 6.10. The second-order valence-corrected chi connectivity index (χ2v) is 5.25. The van der Waals surface area contributed by atoms with Crippen LogP contribution in [-0.2, 0) is 4.79 Å². The van der Waals surface area contributed by atoms with Crippen molar-refractivity contribution in [3.63, 3.8) is 0 Å². The van der Waals surface area contributed by atoms with Gasteiger partial charge in [-0.2, -0.15) is 11.8 Å². The molecule has 2 nitrogen and oxygen atoms in total. The van der Waals surface area contributed by atoms with Crippen LogP contribution in [0.1, 0.15) is 27.2 Å². The van der Waals surface area contributed by atoms with Gasteiger partial charge < -0.3 is 4.90 Å². The van der Waals surface area contributed by atoms with Crippen LogP contribution in [0.3, 0.4) is 0 Å². The van der Waals surface area contributed by atoms with Crippen molar-refractivity contribution in [2.24, 2.45) is 5.92 Å². The first kappa shape index (κ1) is 10.9. The third-order valence-electron chi connectivity index (χ3n) is 2.40. The van der Waals surface area contributed by atoms with Crippen LogP contribution in [0, 0.1) is 5.92 Å². The highest BCUT2D eigenvalue weighted by Crippen LogP contribution is 2.21. The summed E-state index contributed by atoms with van der Waals surface area (Å²) in [5, 5.41) is 0.663. The molecule has 0 spiro atoms. The quantitative estimate of drug-likeness (QED) is 0.681. The molecule has 0 aliphatic carbocycles. The summed E-state index contributed by atoms with van der Waals surface area (Å²) in [5.74, 6) is 1.58. The molecule has 0 aromatic carbocycles. The fourth-order valence-corrected chi connectivity index (χ4v) is 2.71. The van der Waals surface area contributed by atoms with Crippen LogP contribution in [0.4, 0.5) is 0 Å². The number of nitrogens with zero attached hydrogens (tertiary/aromatic N) is 1. The second-order valence-electron chi connectivity index (χ2n) is 3.84. The van der Waals surface area contributed by atoms with Gasteiger partial charge in [0.15, 0.2) is 0 Å². The molecule has 1 unspecified atom stereocenters. The Morgan fingerprint density at radius 1 is 1.62 bits per heavy atom. The molecule has 0 aromatic heterocycles. The molecule has 1 aliphatic rings. The zero-order chi connectivity index (χ0) is 9.84. The van der Waals surface area contributed by atoms with Gasteiger partial charge in [0.25, 0.3) is 0 Å². The highest BCUT2D eigenvalue weighted by molar-refractivity contribution is 8.00. The number of thioether (sulfide) groups is 1. The number of carbonyl (C=O) groups excluding carboxylic acids is 1. The van der Waals surface area contributed by atoms with Crippen molar-refractivity contribution in [2.75, 3.05) is 18.8 Å². The predicted octanol–water partition coefficient (Wildman–Crippen LogP) is 2.00. The van der Waals surface area contributed by atoms with Gasteiger partial charge in [-0.25, -0.2) is 0 Å². The molecule has 76 valence electrons. The van der Waals surface area contributed by atoms with Gasteiger partial charge in [-0.3, -0.25) is 4.79 Å². The standard InChI is InChI=1S/C10H19NOS/c1-4-9-7-11(5-6-13-9)10(12)8(2)3/h8-9H,4-7H2,1-3H3. The van der Waals surface area contributed by atoms with Crippen molar-refractivity contribution >= 4 is 17.7 Å². The monoisotopic (exact) mass is 201 g/mol. The topological polar surface area (TPSA) is 20.3 Å². The Morgan fingerprint density at radius 3 is 2.85 bits per heavy atom. The summed E-state index contributed by atoms with van der Waals surface area (Å²) < 4.78 is 0. The molecule has 0 saturated carbocycles. The summed E-state index contributed by atoms with van der Waals surface area (Å²) >= 11 is 2.00. The van der Waals surface area contributed by atoms with Crippen LogP contribution in [0.5, 0.6) is 0 Å². The Morgan fingerprint density at radius 2 is 2.31 bits per heavy atom. The molecule has 1 amide bonds. The van der Waals surface area contributed by atoms with E-state index in [1.165, 1.54) is 6.42 Å². The highest BCUT2D eigenvalue weighted by Gasteiger charge is 2.24. The van der Waals surface area contributed by atoms with Crippen LogP contribution in [0.25, 0.3) is 0 Å². The molecule has 1 aliphatic heterocycles. The maximum Gasteiger partial charge on any atom is 0.225 e. The van der Waals surface area contributed by atoms with Crippen molar-refractivity contribution < 1.29 is 4.79 Å². The SMILES string of the molecule is CCC1CN(C(=O)C(C)C)CCS1. The van der Waals surface area contributed by atoms with Crippen LogP contribution >= 0.6 is 11.8 Å². The minimum Gasteiger partial charge on any atom is -0.341 e. The summed E-state index contributed by atoms with van der Waals surface area (Å²) in [7, 11) is 0. The molecule has 0 aromatic rings. The van der Waals surface area contributed by atoms with Crippen molar-refractivity contribution in [1.82, 2.24) is 4.90 Å². The van der Waals surface area contributed by atoms with E-state index in [4.69, 9.17) is 0 Å². The molecular formula is C10H19NOS. The summed E-state index contributed by atoms with van der Waals surface area (Å²) in [6.45, 7) is 8.05. The summed E-state index contributed by atoms with van der Waals surface area (Å²) in [6.07, 6.45) is 1.17. The van der Waals surface area contributed by atoms with E-state index in [2.05, 4.69) is 6.92 Å². The first-order chi connectivity index (χ1) is 6.15. The van der Waals surface area contributed by atoms with Crippen molar-refractivity contribution in [3.05, 3.63) is 0 Å². The van der Waals surface area contributed by atoms with Gasteiger partial charge in [-0.15, -0.1) is 0 Å². The van der Waals surface area contributed by atoms with E-state index in [9.17, 15) is 4.79 Å². The summed E-state index contributed by atoms with van der Waals surface area (Å²) in [6, 6.07) is 0. The van der Waals surface area contributed by atoms with Gasteiger partial charge in [0.2, 0.25) is 5.91 Å². The highest BCUT2D eigenvalue weighted by atomic mass is 32.2. The van der Waals surface area contributed by atoms with Crippen molar-refractivity contribution in [2.45, 2.75) is 32.4 Å². The van der Waals surface area contributed by atoms with Crippen LogP contribution < -0.4 is 0 Å². The van der Waals surface area contributed by atoms with E-state index in [1.54, 1.807) is 0 Å². The maximum atomic E-state index is 11.7. The molecule has 1 atom stereocenters. The van der Waals surface area contributed by atoms with E-state index in [0.29, 0.717) is 11.2 Å². The number of hydrogen-bond acceptors (Lipinski definition) is 2. The number of amides is 1. The van der Waals surface area contributed by atoms with Gasteiger partial charge in [0.05, 0.1) is 0 Å². The molecule has 1 fully saturated rings. The maximum absolute atomic E-state index is 11.7. The average molecular weight is 201 g/mol. The lowest BCUT2D eigenvalue weighted by Gasteiger charge is -2.33. The Hall–Kier alpha value is -0.180. The van der Waals surface area contributed by atoms with E-state index in [0.717, 1.165) is 18.8 Å². The molecule has 0 bridgehead atoms. The molecule has 1 rings (SSSR count). The lowest BCUT2D eigenvalue weighted by Crippen LogP contribution is -2.43. The summed E-state index contributed by atoms with van der Waals surface area (Å²) in [5.41, 5.74) is 0. The Bertz CT molecular complexity index is 182.